The summed E-state index contributed by atoms with van der Waals surface area (Å²) in [5.41, 5.74) is 8.99. The number of ether oxygens (including phenoxy) is 1. The smallest absolute Gasteiger partial charge is 0.327 e. The Morgan fingerprint density at radius 2 is 1.53 bits per heavy atom. The van der Waals surface area contributed by atoms with Crippen LogP contribution in [0.25, 0.3) is 22.5 Å². The van der Waals surface area contributed by atoms with E-state index in [0.29, 0.717) is 10.7 Å². The summed E-state index contributed by atoms with van der Waals surface area (Å²) < 4.78 is 5.88. The zero-order chi connectivity index (χ0) is 35.4. The molecule has 0 unspecified atom stereocenters. The number of nitrogens with zero attached hydrogens (tertiary/aromatic N) is 2. The van der Waals surface area contributed by atoms with E-state index >= 15 is 0 Å². The van der Waals surface area contributed by atoms with E-state index in [4.69, 9.17) is 10.5 Å². The van der Waals surface area contributed by atoms with Crippen molar-refractivity contribution in [2.24, 2.45) is 11.7 Å². The molecule has 0 spiro atoms. The van der Waals surface area contributed by atoms with Crippen LogP contribution in [-0.4, -0.2) is 51.9 Å². The van der Waals surface area contributed by atoms with Crippen LogP contribution in [0.3, 0.4) is 0 Å². The predicted octanol–water partition coefficient (Wildman–Crippen LogP) is 7.48. The largest absolute Gasteiger partial charge is 0.494 e. The van der Waals surface area contributed by atoms with Crippen molar-refractivity contribution in [3.05, 3.63) is 88.4 Å². The number of rotatable bonds is 18. The van der Waals surface area contributed by atoms with Crippen LogP contribution >= 0.6 is 11.3 Å². The molecule has 0 saturated heterocycles. The molecular formula is C39H48N4O5S. The fourth-order valence-electron chi connectivity index (χ4n) is 5.32. The lowest BCUT2D eigenvalue weighted by atomic mass is 9.92. The Morgan fingerprint density at radius 1 is 0.878 bits per heavy atom. The van der Waals surface area contributed by atoms with Crippen molar-refractivity contribution in [2.75, 3.05) is 13.2 Å². The van der Waals surface area contributed by atoms with Gasteiger partial charge in [-0.15, -0.1) is 11.3 Å². The van der Waals surface area contributed by atoms with Gasteiger partial charge in [-0.2, -0.15) is 0 Å². The van der Waals surface area contributed by atoms with Crippen LogP contribution in [0.1, 0.15) is 86.3 Å². The summed E-state index contributed by atoms with van der Waals surface area (Å²) in [6.45, 7) is 8.92. The van der Waals surface area contributed by atoms with Crippen LogP contribution in [0.4, 0.5) is 0 Å². The molecule has 2 aromatic heterocycles. The van der Waals surface area contributed by atoms with Crippen molar-refractivity contribution < 1.29 is 24.2 Å². The molecule has 0 saturated carbocycles. The molecule has 4 N–H and O–H groups in total. The van der Waals surface area contributed by atoms with Gasteiger partial charge in [0.2, 0.25) is 5.91 Å². The van der Waals surface area contributed by atoms with Crippen LogP contribution in [-0.2, 0) is 21.4 Å². The zero-order valence-electron chi connectivity index (χ0n) is 28.9. The molecule has 49 heavy (non-hydrogen) atoms. The van der Waals surface area contributed by atoms with E-state index in [0.717, 1.165) is 45.9 Å². The number of carboxylic acids is 1. The van der Waals surface area contributed by atoms with E-state index in [-0.39, 0.29) is 30.6 Å². The van der Waals surface area contributed by atoms with E-state index in [2.05, 4.69) is 43.0 Å². The molecule has 2 aromatic carbocycles. The third-order valence-corrected chi connectivity index (χ3v) is 9.88. The van der Waals surface area contributed by atoms with E-state index in [1.165, 1.54) is 37.0 Å². The molecule has 4 rings (SSSR count). The van der Waals surface area contributed by atoms with Crippen LogP contribution in [0, 0.1) is 5.92 Å². The molecule has 4 aromatic rings. The minimum atomic E-state index is -1.24. The van der Waals surface area contributed by atoms with Gasteiger partial charge in [0, 0.05) is 47.3 Å². The monoisotopic (exact) mass is 684 g/mol. The number of thiophene rings is 1. The Labute approximate surface area is 293 Å². The number of ketones is 1. The second kappa shape index (κ2) is 17.8. The fourth-order valence-corrected chi connectivity index (χ4v) is 6.34. The molecule has 10 heteroatoms. The van der Waals surface area contributed by atoms with Gasteiger partial charge in [-0.25, -0.2) is 14.8 Å². The maximum atomic E-state index is 13.3. The number of hydrogen-bond acceptors (Lipinski definition) is 8. The molecule has 1 amide bonds. The molecule has 0 aliphatic carbocycles. The summed E-state index contributed by atoms with van der Waals surface area (Å²) in [7, 11) is 0. The highest BCUT2D eigenvalue weighted by molar-refractivity contribution is 7.14. The number of unbranched alkanes of at least 4 members (excludes halogenated alkanes) is 4. The van der Waals surface area contributed by atoms with Crippen molar-refractivity contribution in [3.8, 4) is 28.3 Å². The Morgan fingerprint density at radius 3 is 2.12 bits per heavy atom. The fraction of sp³-hybridized carbons (Fsp3) is 0.410. The molecule has 2 atom stereocenters. The number of hydrogen-bond donors (Lipinski definition) is 3. The third-order valence-electron chi connectivity index (χ3n) is 8.32. The highest BCUT2D eigenvalue weighted by atomic mass is 32.1. The Balaban J connectivity index is 1.41. The normalized spacial score (nSPS) is 12.7. The average molecular weight is 685 g/mol. The molecule has 0 fully saturated rings. The van der Waals surface area contributed by atoms with Gasteiger partial charge in [0.25, 0.3) is 0 Å². The van der Waals surface area contributed by atoms with Crippen molar-refractivity contribution >= 4 is 29.0 Å². The lowest BCUT2D eigenvalue weighted by molar-refractivity contribution is -0.142. The lowest BCUT2D eigenvalue weighted by Crippen LogP contribution is -2.48. The molecule has 260 valence electrons. The van der Waals surface area contributed by atoms with Crippen molar-refractivity contribution in [1.82, 2.24) is 15.3 Å². The molecule has 0 aliphatic rings. The van der Waals surface area contributed by atoms with E-state index in [9.17, 15) is 19.5 Å². The molecule has 2 heterocycles. The summed E-state index contributed by atoms with van der Waals surface area (Å²) in [6.07, 6.45) is 9.76. The van der Waals surface area contributed by atoms with Crippen molar-refractivity contribution in [3.63, 3.8) is 0 Å². The minimum absolute atomic E-state index is 0.0642. The number of carbonyl (C=O) groups excluding carboxylic acids is 2. The first-order valence-electron chi connectivity index (χ1n) is 17.0. The maximum absolute atomic E-state index is 13.3. The SMILES string of the molecule is CCCCCCCOc1ccc(-c2cnc(-c3ccc(C[C@H](CC(=O)c4ccc(C(C)(C)C)s4)C(=O)N[C@H](CN)C(=O)O)cc3)nc2)cc1. The number of carboxylic acid groups (broad SMARTS) is 1. The van der Waals surface area contributed by atoms with Gasteiger partial charge in [-0.05, 0) is 53.6 Å². The maximum Gasteiger partial charge on any atom is 0.327 e. The van der Waals surface area contributed by atoms with Gasteiger partial charge >= 0.3 is 5.97 Å². The number of benzene rings is 2. The molecular weight excluding hydrogens is 637 g/mol. The van der Waals surface area contributed by atoms with E-state index < -0.39 is 23.8 Å². The van der Waals surface area contributed by atoms with Gasteiger partial charge < -0.3 is 20.9 Å². The highest BCUT2D eigenvalue weighted by Gasteiger charge is 2.28. The number of amides is 1. The summed E-state index contributed by atoms with van der Waals surface area (Å²) in [5.74, 6) is -1.29. The number of aromatic nitrogens is 2. The van der Waals surface area contributed by atoms with Gasteiger partial charge in [-0.3, -0.25) is 9.59 Å². The van der Waals surface area contributed by atoms with Crippen molar-refractivity contribution in [2.45, 2.75) is 84.1 Å². The number of nitrogens with two attached hydrogens (primary N) is 1. The number of nitrogens with one attached hydrogen (secondary N) is 1. The van der Waals surface area contributed by atoms with Gasteiger partial charge in [0.05, 0.1) is 11.5 Å². The first-order valence-corrected chi connectivity index (χ1v) is 17.8. The Hall–Kier alpha value is -4.41. The molecule has 9 nitrogen and oxygen atoms in total. The zero-order valence-corrected chi connectivity index (χ0v) is 29.7. The average Bonchev–Trinajstić information content (AvgIpc) is 3.61. The van der Waals surface area contributed by atoms with Gasteiger partial charge in [0.1, 0.15) is 11.8 Å². The molecule has 0 aliphatic heterocycles. The lowest BCUT2D eigenvalue weighted by Gasteiger charge is -2.19. The van der Waals surface area contributed by atoms with Crippen LogP contribution in [0.5, 0.6) is 5.75 Å². The minimum Gasteiger partial charge on any atom is -0.494 e. The standard InChI is InChI=1S/C39H48N4O5S/c1-5-6-7-8-9-20-48-31-16-14-27(15-17-31)30-24-41-36(42-25-30)28-12-10-26(11-13-28)21-29(37(45)43-32(23-40)38(46)47)22-33(44)34-18-19-35(49-34)39(2,3)4/h10-19,24-25,29,32H,5-9,20-23,40H2,1-4H3,(H,43,45)(H,46,47)/t29-,32-/m1/s1. The van der Waals surface area contributed by atoms with Gasteiger partial charge in [0.15, 0.2) is 11.6 Å². The summed E-state index contributed by atoms with van der Waals surface area (Å²) in [5, 5.41) is 12.0. The highest BCUT2D eigenvalue weighted by Crippen LogP contribution is 2.31. The molecule has 0 bridgehead atoms. The Kier molecular flexibility index (Phi) is 13.6. The second-order valence-corrected chi connectivity index (χ2v) is 14.4. The number of aliphatic carboxylic acids is 1. The van der Waals surface area contributed by atoms with Crippen LogP contribution in [0.2, 0.25) is 0 Å². The summed E-state index contributed by atoms with van der Waals surface area (Å²) in [4.78, 5) is 49.0. The predicted molar refractivity (Wildman–Crippen MR) is 195 cm³/mol. The quantitative estimate of drug-likeness (QED) is 0.0723. The number of Topliss-reactive ketones (excluding diaryl/α,β-unsaturated/α-hetero) is 1. The van der Waals surface area contributed by atoms with Crippen molar-refractivity contribution in [1.29, 1.82) is 0 Å². The van der Waals surface area contributed by atoms with E-state index in [1.54, 1.807) is 18.5 Å². The van der Waals surface area contributed by atoms with E-state index in [1.807, 2.05) is 54.6 Å². The third kappa shape index (κ3) is 11.1. The topological polar surface area (TPSA) is 144 Å². The first kappa shape index (κ1) is 37.4. The second-order valence-electron chi connectivity index (χ2n) is 13.4. The molecule has 0 radical (unpaired) electrons. The summed E-state index contributed by atoms with van der Waals surface area (Å²) >= 11 is 1.42. The first-order chi connectivity index (χ1) is 23.5. The van der Waals surface area contributed by atoms with Crippen LogP contribution < -0.4 is 15.8 Å². The number of carbonyl (C=O) groups is 3. The van der Waals surface area contributed by atoms with Gasteiger partial charge in [-0.1, -0.05) is 89.8 Å². The van der Waals surface area contributed by atoms with Crippen LogP contribution in [0.15, 0.2) is 73.1 Å². The Bertz CT molecular complexity index is 1660. The summed E-state index contributed by atoms with van der Waals surface area (Å²) in [6, 6.07) is 18.0.